The lowest BCUT2D eigenvalue weighted by Crippen LogP contribution is -2.45. The van der Waals surface area contributed by atoms with Gasteiger partial charge in [-0.05, 0) is 54.2 Å². The molecule has 3 aliphatic rings. The van der Waals surface area contributed by atoms with Crippen LogP contribution >= 0.6 is 0 Å². The number of H-pyrrole nitrogens is 1. The maximum atomic E-state index is 15.7. The minimum Gasteiger partial charge on any atom is -0.508 e. The first-order chi connectivity index (χ1) is 16.0. The monoisotopic (exact) mass is 455 g/mol. The number of rotatable bonds is 5. The summed E-state index contributed by atoms with van der Waals surface area (Å²) in [4.78, 5) is 19.7. The number of hydrogen-bond acceptors (Lipinski definition) is 7. The molecule has 0 spiro atoms. The topological polar surface area (TPSA) is 111 Å². The van der Waals surface area contributed by atoms with Gasteiger partial charge in [-0.1, -0.05) is 13.0 Å². The second kappa shape index (κ2) is 8.89. The van der Waals surface area contributed by atoms with E-state index in [1.54, 1.807) is 18.3 Å². The van der Waals surface area contributed by atoms with E-state index in [4.69, 9.17) is 4.74 Å². The molecule has 0 amide bonds. The first-order valence-electron chi connectivity index (χ1n) is 11.5. The zero-order valence-corrected chi connectivity index (χ0v) is 18.8. The van der Waals surface area contributed by atoms with Gasteiger partial charge in [0.2, 0.25) is 0 Å². The van der Waals surface area contributed by atoms with Crippen LogP contribution in [0, 0.1) is 5.92 Å². The molecule has 0 bridgehead atoms. The average Bonchev–Trinajstić information content (AvgIpc) is 3.57. The van der Waals surface area contributed by atoms with Crippen molar-refractivity contribution >= 4 is 11.5 Å². The van der Waals surface area contributed by atoms with Gasteiger partial charge in [0.05, 0.1) is 31.1 Å². The number of esters is 1. The van der Waals surface area contributed by atoms with Gasteiger partial charge in [-0.25, -0.2) is 14.8 Å². The molecule has 5 unspecified atom stereocenters. The number of nitrogens with zero attached hydrogens (tertiary/aromatic N) is 1. The highest BCUT2D eigenvalue weighted by Gasteiger charge is 2.48. The number of fused-ring (bicyclic) bond motifs is 1. The van der Waals surface area contributed by atoms with Crippen LogP contribution in [0.2, 0.25) is 0 Å². The highest BCUT2D eigenvalue weighted by atomic mass is 19.1. The molecule has 8 nitrogen and oxygen atoms in total. The van der Waals surface area contributed by atoms with E-state index in [1.165, 1.54) is 7.11 Å². The molecule has 1 aliphatic carbocycles. The molecule has 5 rings (SSSR count). The van der Waals surface area contributed by atoms with Crippen LogP contribution in [0.5, 0.6) is 5.75 Å². The standard InChI is InChI=1S/C24H30FN5O3/c1-3-12-8-14(31)4-5-15(12)16-6-7-17-21(20(16)25)29-30-22(17)23-27-11-19(28-23)13-9-18(26-10-13)24(32)33-2/h4-5,8-9,11,16-18,20-22,26,29-31H,3,6-7,10H2,1-2H3,(H,27,28)/t16?,17?,18-,20?,21?,22?/m1/s1. The summed E-state index contributed by atoms with van der Waals surface area (Å²) in [5.74, 6) is 0.527. The summed E-state index contributed by atoms with van der Waals surface area (Å²) in [6, 6.07) is 4.37. The van der Waals surface area contributed by atoms with Crippen molar-refractivity contribution in [1.82, 2.24) is 26.1 Å². The van der Waals surface area contributed by atoms with Crippen LogP contribution in [0.1, 0.15) is 54.4 Å². The Kier molecular flexibility index (Phi) is 5.94. The number of alkyl halides is 1. The smallest absolute Gasteiger partial charge is 0.326 e. The van der Waals surface area contributed by atoms with Gasteiger partial charge < -0.3 is 14.8 Å². The van der Waals surface area contributed by atoms with Gasteiger partial charge in [0.25, 0.3) is 0 Å². The van der Waals surface area contributed by atoms with Crippen LogP contribution in [-0.4, -0.2) is 53.0 Å². The van der Waals surface area contributed by atoms with E-state index in [0.717, 1.165) is 47.5 Å². The van der Waals surface area contributed by atoms with Crippen molar-refractivity contribution in [3.8, 4) is 5.75 Å². The van der Waals surface area contributed by atoms with Gasteiger partial charge in [-0.2, -0.15) is 0 Å². The Balaban J connectivity index is 1.31. The fourth-order valence-electron chi connectivity index (χ4n) is 5.57. The molecule has 5 N–H and O–H groups in total. The highest BCUT2D eigenvalue weighted by molar-refractivity contribution is 5.83. The number of phenols is 1. The number of aromatic hydroxyl groups is 1. The van der Waals surface area contributed by atoms with E-state index in [0.29, 0.717) is 6.54 Å². The molecule has 9 heteroatoms. The molecule has 0 radical (unpaired) electrons. The Labute approximate surface area is 192 Å². The van der Waals surface area contributed by atoms with E-state index < -0.39 is 12.2 Å². The minimum atomic E-state index is -1.05. The quantitative estimate of drug-likeness (QED) is 0.440. The van der Waals surface area contributed by atoms with Crippen molar-refractivity contribution < 1.29 is 19.0 Å². The average molecular weight is 456 g/mol. The number of aromatic nitrogens is 2. The number of benzene rings is 1. The van der Waals surface area contributed by atoms with Crippen molar-refractivity contribution in [2.45, 2.75) is 56.4 Å². The van der Waals surface area contributed by atoms with Crippen molar-refractivity contribution in [2.75, 3.05) is 13.7 Å². The summed E-state index contributed by atoms with van der Waals surface area (Å²) in [6.07, 6.45) is 4.91. The summed E-state index contributed by atoms with van der Waals surface area (Å²) >= 11 is 0. The van der Waals surface area contributed by atoms with Gasteiger partial charge in [0, 0.05) is 18.4 Å². The number of carbonyl (C=O) groups excluding carboxylic acids is 1. The number of imidazole rings is 1. The van der Waals surface area contributed by atoms with Crippen molar-refractivity contribution in [3.05, 3.63) is 53.1 Å². The van der Waals surface area contributed by atoms with Crippen LogP contribution < -0.4 is 16.2 Å². The third kappa shape index (κ3) is 3.94. The van der Waals surface area contributed by atoms with E-state index in [1.807, 2.05) is 19.1 Å². The van der Waals surface area contributed by atoms with Gasteiger partial charge in [-0.3, -0.25) is 15.5 Å². The summed E-state index contributed by atoms with van der Waals surface area (Å²) < 4.78 is 20.5. The van der Waals surface area contributed by atoms with E-state index >= 15 is 4.39 Å². The third-order valence-corrected chi connectivity index (χ3v) is 7.31. The third-order valence-electron chi connectivity index (χ3n) is 7.31. The van der Waals surface area contributed by atoms with Crippen LogP contribution in [-0.2, 0) is 16.0 Å². The number of methoxy groups -OCH3 is 1. The van der Waals surface area contributed by atoms with Crippen LogP contribution in [0.4, 0.5) is 4.39 Å². The summed E-state index contributed by atoms with van der Waals surface area (Å²) in [5, 5.41) is 12.9. The van der Waals surface area contributed by atoms with E-state index in [9.17, 15) is 9.90 Å². The highest BCUT2D eigenvalue weighted by Crippen LogP contribution is 2.45. The molecule has 1 saturated heterocycles. The maximum absolute atomic E-state index is 15.7. The van der Waals surface area contributed by atoms with Crippen molar-refractivity contribution in [3.63, 3.8) is 0 Å². The molecular weight excluding hydrogens is 425 g/mol. The minimum absolute atomic E-state index is 0.0657. The molecule has 6 atom stereocenters. The van der Waals surface area contributed by atoms with E-state index in [-0.39, 0.29) is 35.6 Å². The number of halogens is 1. The van der Waals surface area contributed by atoms with E-state index in [2.05, 4.69) is 26.1 Å². The summed E-state index contributed by atoms with van der Waals surface area (Å²) in [7, 11) is 1.37. The Morgan fingerprint density at radius 2 is 2.15 bits per heavy atom. The molecule has 176 valence electrons. The van der Waals surface area contributed by atoms with Crippen molar-refractivity contribution in [1.29, 1.82) is 0 Å². The van der Waals surface area contributed by atoms with Gasteiger partial charge in [0.15, 0.2) is 0 Å². The lowest BCUT2D eigenvalue weighted by molar-refractivity contribution is -0.141. The predicted molar refractivity (Wildman–Crippen MR) is 121 cm³/mol. The summed E-state index contributed by atoms with van der Waals surface area (Å²) in [5.41, 5.74) is 10.2. The normalized spacial score (nSPS) is 31.3. The Bertz CT molecular complexity index is 1070. The lowest BCUT2D eigenvalue weighted by Gasteiger charge is -2.36. The largest absolute Gasteiger partial charge is 0.508 e. The maximum Gasteiger partial charge on any atom is 0.326 e. The second-order valence-electron chi connectivity index (χ2n) is 9.08. The molecule has 1 aromatic heterocycles. The Morgan fingerprint density at radius 1 is 1.30 bits per heavy atom. The number of nitrogens with one attached hydrogen (secondary N) is 4. The first-order valence-corrected chi connectivity index (χ1v) is 11.5. The number of aryl methyl sites for hydroxylation is 1. The van der Waals surface area contributed by atoms with Crippen LogP contribution in [0.25, 0.3) is 5.57 Å². The Hall–Kier alpha value is -2.75. The summed E-state index contributed by atoms with van der Waals surface area (Å²) in [6.45, 7) is 2.57. The molecular formula is C24H30FN5O3. The molecule has 1 aromatic carbocycles. The molecule has 2 aromatic rings. The predicted octanol–water partition coefficient (Wildman–Crippen LogP) is 2.26. The number of carbonyl (C=O) groups is 1. The zero-order chi connectivity index (χ0) is 23.1. The number of phenolic OH excluding ortho intramolecular Hbond substituents is 1. The Morgan fingerprint density at radius 3 is 2.94 bits per heavy atom. The molecule has 33 heavy (non-hydrogen) atoms. The van der Waals surface area contributed by atoms with Gasteiger partial charge in [-0.15, -0.1) is 0 Å². The van der Waals surface area contributed by atoms with Crippen LogP contribution in [0.15, 0.2) is 30.5 Å². The van der Waals surface area contributed by atoms with Gasteiger partial charge >= 0.3 is 5.97 Å². The number of aromatic amines is 1. The van der Waals surface area contributed by atoms with Crippen molar-refractivity contribution in [2.24, 2.45) is 5.92 Å². The zero-order valence-electron chi connectivity index (χ0n) is 18.8. The second-order valence-corrected chi connectivity index (χ2v) is 9.08. The van der Waals surface area contributed by atoms with Crippen LogP contribution in [0.3, 0.4) is 0 Å². The fourth-order valence-corrected chi connectivity index (χ4v) is 5.57. The molecule has 2 aliphatic heterocycles. The molecule has 1 saturated carbocycles. The number of hydrazine groups is 1. The fraction of sp³-hybridized carbons (Fsp3) is 0.500. The SMILES string of the molecule is CCc1cc(O)ccc1C1CCC2C(c3ncc(C4=C[C@H](C(=O)OC)NC4)[nH]3)NNC2C1F. The lowest BCUT2D eigenvalue weighted by atomic mass is 9.71. The van der Waals surface area contributed by atoms with Gasteiger partial charge in [0.1, 0.15) is 23.8 Å². The molecule has 3 heterocycles. The number of ether oxygens (including phenoxy) is 1. The molecule has 2 fully saturated rings. The number of hydrogen-bond donors (Lipinski definition) is 5. The first kappa shape index (κ1) is 22.1.